The largest absolute Gasteiger partial charge is 0.454 e. The maximum Gasteiger partial charge on any atom is 0.150 e. The molecular formula is C12H9ClINO. The zero-order valence-electron chi connectivity index (χ0n) is 8.28. The first-order chi connectivity index (χ1) is 7.66. The molecule has 2 aromatic carbocycles. The monoisotopic (exact) mass is 345 g/mol. The van der Waals surface area contributed by atoms with Crippen molar-refractivity contribution in [1.29, 1.82) is 0 Å². The summed E-state index contributed by atoms with van der Waals surface area (Å²) in [6.07, 6.45) is 0. The Morgan fingerprint density at radius 2 is 1.81 bits per heavy atom. The van der Waals surface area contributed by atoms with Crippen molar-refractivity contribution in [3.63, 3.8) is 0 Å². The molecule has 16 heavy (non-hydrogen) atoms. The first kappa shape index (κ1) is 11.5. The lowest BCUT2D eigenvalue weighted by atomic mass is 10.3. The molecule has 0 aliphatic carbocycles. The highest BCUT2D eigenvalue weighted by atomic mass is 127. The van der Waals surface area contributed by atoms with Crippen LogP contribution in [0.4, 0.5) is 5.69 Å². The quantitative estimate of drug-likeness (QED) is 0.650. The Bertz CT molecular complexity index is 516. The molecule has 82 valence electrons. The van der Waals surface area contributed by atoms with E-state index in [9.17, 15) is 0 Å². The van der Waals surface area contributed by atoms with Gasteiger partial charge >= 0.3 is 0 Å². The van der Waals surface area contributed by atoms with Gasteiger partial charge < -0.3 is 10.5 Å². The van der Waals surface area contributed by atoms with Crippen LogP contribution in [-0.4, -0.2) is 0 Å². The van der Waals surface area contributed by atoms with Crippen molar-refractivity contribution in [1.82, 2.24) is 0 Å². The number of nitrogens with two attached hydrogens (primary N) is 1. The first-order valence-corrected chi connectivity index (χ1v) is 6.10. The van der Waals surface area contributed by atoms with Crippen molar-refractivity contribution >= 4 is 39.9 Å². The summed E-state index contributed by atoms with van der Waals surface area (Å²) in [5.41, 5.74) is 6.34. The number of ether oxygens (including phenoxy) is 1. The van der Waals surface area contributed by atoms with Crippen molar-refractivity contribution in [3.05, 3.63) is 51.1 Å². The molecule has 0 aromatic heterocycles. The molecule has 0 saturated heterocycles. The van der Waals surface area contributed by atoms with Crippen LogP contribution < -0.4 is 10.5 Å². The van der Waals surface area contributed by atoms with Crippen LogP contribution in [0.1, 0.15) is 0 Å². The summed E-state index contributed by atoms with van der Waals surface area (Å²) in [6, 6.07) is 12.9. The highest BCUT2D eigenvalue weighted by Crippen LogP contribution is 2.31. The lowest BCUT2D eigenvalue weighted by Gasteiger charge is -2.09. The fourth-order valence-corrected chi connectivity index (χ4v) is 1.94. The van der Waals surface area contributed by atoms with E-state index in [0.717, 1.165) is 9.32 Å². The van der Waals surface area contributed by atoms with Gasteiger partial charge in [-0.05, 0) is 52.9 Å². The number of nitrogen functional groups attached to an aromatic ring is 1. The number of halogens is 2. The number of para-hydroxylation sites is 1. The van der Waals surface area contributed by atoms with Gasteiger partial charge in [-0.3, -0.25) is 0 Å². The van der Waals surface area contributed by atoms with Crippen molar-refractivity contribution in [2.45, 2.75) is 0 Å². The van der Waals surface area contributed by atoms with E-state index in [-0.39, 0.29) is 0 Å². The summed E-state index contributed by atoms with van der Waals surface area (Å²) in [6.45, 7) is 0. The van der Waals surface area contributed by atoms with E-state index in [4.69, 9.17) is 22.1 Å². The third kappa shape index (κ3) is 2.59. The van der Waals surface area contributed by atoms with E-state index < -0.39 is 0 Å². The van der Waals surface area contributed by atoms with Gasteiger partial charge in [0.25, 0.3) is 0 Å². The fraction of sp³-hybridized carbons (Fsp3) is 0. The standard InChI is InChI=1S/C12H9ClINO/c13-8-5-6-12(10(15)7-8)16-11-4-2-1-3-9(11)14/h1-7H,15H2. The van der Waals surface area contributed by atoms with Gasteiger partial charge in [0.1, 0.15) is 11.5 Å². The number of rotatable bonds is 2. The number of anilines is 1. The summed E-state index contributed by atoms with van der Waals surface area (Å²) in [4.78, 5) is 0. The maximum atomic E-state index is 5.81. The van der Waals surface area contributed by atoms with Gasteiger partial charge in [-0.2, -0.15) is 0 Å². The van der Waals surface area contributed by atoms with Crippen molar-refractivity contribution in [3.8, 4) is 11.5 Å². The van der Waals surface area contributed by atoms with E-state index in [2.05, 4.69) is 22.6 Å². The van der Waals surface area contributed by atoms with Crippen LogP contribution in [0.15, 0.2) is 42.5 Å². The van der Waals surface area contributed by atoms with Crippen LogP contribution in [0.5, 0.6) is 11.5 Å². The lowest BCUT2D eigenvalue weighted by molar-refractivity contribution is 0.481. The molecule has 2 rings (SSSR count). The summed E-state index contributed by atoms with van der Waals surface area (Å²) >= 11 is 8.03. The molecule has 0 heterocycles. The van der Waals surface area contributed by atoms with Crippen LogP contribution >= 0.6 is 34.2 Å². The van der Waals surface area contributed by atoms with Gasteiger partial charge in [-0.15, -0.1) is 0 Å². The van der Waals surface area contributed by atoms with Crippen molar-refractivity contribution < 1.29 is 4.74 Å². The zero-order chi connectivity index (χ0) is 11.5. The Morgan fingerprint density at radius 3 is 2.50 bits per heavy atom. The highest BCUT2D eigenvalue weighted by Gasteiger charge is 2.05. The molecule has 0 aliphatic heterocycles. The minimum absolute atomic E-state index is 0.534. The molecule has 0 unspecified atom stereocenters. The molecule has 0 atom stereocenters. The minimum atomic E-state index is 0.534. The van der Waals surface area contributed by atoms with Gasteiger partial charge in [-0.1, -0.05) is 23.7 Å². The summed E-state index contributed by atoms with van der Waals surface area (Å²) in [7, 11) is 0. The Hall–Kier alpha value is -0.940. The zero-order valence-corrected chi connectivity index (χ0v) is 11.2. The Morgan fingerprint density at radius 1 is 1.06 bits per heavy atom. The van der Waals surface area contributed by atoms with Gasteiger partial charge in [0.2, 0.25) is 0 Å². The normalized spacial score (nSPS) is 10.1. The third-order valence-corrected chi connectivity index (χ3v) is 3.15. The maximum absolute atomic E-state index is 5.81. The van der Waals surface area contributed by atoms with Crippen molar-refractivity contribution in [2.24, 2.45) is 0 Å². The molecule has 4 heteroatoms. The van der Waals surface area contributed by atoms with Gasteiger partial charge in [0, 0.05) is 5.02 Å². The Balaban J connectivity index is 2.31. The molecule has 0 bridgehead atoms. The molecule has 0 fully saturated rings. The molecular weight excluding hydrogens is 336 g/mol. The predicted molar refractivity (Wildman–Crippen MR) is 75.1 cm³/mol. The van der Waals surface area contributed by atoms with Crippen molar-refractivity contribution in [2.75, 3.05) is 5.73 Å². The molecule has 0 amide bonds. The summed E-state index contributed by atoms with van der Waals surface area (Å²) < 4.78 is 6.74. The highest BCUT2D eigenvalue weighted by molar-refractivity contribution is 14.1. The van der Waals surface area contributed by atoms with Gasteiger partial charge in [0.05, 0.1) is 9.26 Å². The van der Waals surface area contributed by atoms with Crippen LogP contribution in [0.3, 0.4) is 0 Å². The predicted octanol–water partition coefficient (Wildman–Crippen LogP) is 4.32. The summed E-state index contributed by atoms with van der Waals surface area (Å²) in [5.74, 6) is 1.41. The van der Waals surface area contributed by atoms with E-state index in [1.54, 1.807) is 18.2 Å². The fourth-order valence-electron chi connectivity index (χ4n) is 1.26. The smallest absolute Gasteiger partial charge is 0.150 e. The minimum Gasteiger partial charge on any atom is -0.454 e. The van der Waals surface area contributed by atoms with E-state index in [0.29, 0.717) is 16.5 Å². The first-order valence-electron chi connectivity index (χ1n) is 4.64. The molecule has 0 saturated carbocycles. The second kappa shape index (κ2) is 4.93. The van der Waals surface area contributed by atoms with Crippen LogP contribution in [-0.2, 0) is 0 Å². The van der Waals surface area contributed by atoms with E-state index in [1.807, 2.05) is 24.3 Å². The average Bonchev–Trinajstić information content (AvgIpc) is 2.25. The Labute approximate surface area is 113 Å². The van der Waals surface area contributed by atoms with Gasteiger partial charge in [0.15, 0.2) is 0 Å². The topological polar surface area (TPSA) is 35.2 Å². The average molecular weight is 346 g/mol. The number of hydrogen-bond acceptors (Lipinski definition) is 2. The van der Waals surface area contributed by atoms with E-state index >= 15 is 0 Å². The SMILES string of the molecule is Nc1cc(Cl)ccc1Oc1ccccc1I. The van der Waals surface area contributed by atoms with Gasteiger partial charge in [-0.25, -0.2) is 0 Å². The second-order valence-electron chi connectivity index (χ2n) is 3.21. The van der Waals surface area contributed by atoms with Crippen LogP contribution in [0.25, 0.3) is 0 Å². The lowest BCUT2D eigenvalue weighted by Crippen LogP contribution is -1.93. The molecule has 2 nitrogen and oxygen atoms in total. The molecule has 2 N–H and O–H groups in total. The van der Waals surface area contributed by atoms with E-state index in [1.165, 1.54) is 0 Å². The second-order valence-corrected chi connectivity index (χ2v) is 4.81. The molecule has 0 aliphatic rings. The Kier molecular flexibility index (Phi) is 3.56. The molecule has 0 radical (unpaired) electrons. The number of hydrogen-bond donors (Lipinski definition) is 1. The van der Waals surface area contributed by atoms with Crippen LogP contribution in [0, 0.1) is 3.57 Å². The summed E-state index contributed by atoms with van der Waals surface area (Å²) in [5, 5.41) is 0.604. The van der Waals surface area contributed by atoms with Crippen LogP contribution in [0.2, 0.25) is 5.02 Å². The number of benzene rings is 2. The third-order valence-electron chi connectivity index (χ3n) is 2.03. The molecule has 2 aromatic rings. The molecule has 0 spiro atoms.